The Bertz CT molecular complexity index is 607. The summed E-state index contributed by atoms with van der Waals surface area (Å²) < 4.78 is 0. The van der Waals surface area contributed by atoms with Crippen LogP contribution in [0, 0.1) is 11.3 Å². The molecule has 2 aromatic rings. The molecule has 0 bridgehead atoms. The van der Waals surface area contributed by atoms with Crippen molar-refractivity contribution in [3.63, 3.8) is 0 Å². The molecule has 6 heteroatoms. The quantitative estimate of drug-likeness (QED) is 0.691. The van der Waals surface area contributed by atoms with E-state index in [1.165, 1.54) is 18.1 Å². The highest BCUT2D eigenvalue weighted by Gasteiger charge is 2.09. The molecule has 0 saturated heterocycles. The van der Waals surface area contributed by atoms with Crippen LogP contribution in [0.1, 0.15) is 11.1 Å². The molecule has 0 atom stereocenters. The molecule has 0 spiro atoms. The van der Waals surface area contributed by atoms with Crippen molar-refractivity contribution in [2.75, 3.05) is 11.6 Å². The van der Waals surface area contributed by atoms with Gasteiger partial charge in [0.2, 0.25) is 0 Å². The monoisotopic (exact) mass is 290 g/mol. The molecular formula is C13H11ClN4S. The van der Waals surface area contributed by atoms with Crippen molar-refractivity contribution < 1.29 is 0 Å². The summed E-state index contributed by atoms with van der Waals surface area (Å²) in [6, 6.07) is 9.65. The standard InChI is InChI=1S/C13H11ClN4S/c1-19-13-11(6-15)12(17-8-18-13)16-7-9-2-4-10(14)5-3-9/h2-5,8H,7H2,1H3,(H,16,17,18). The van der Waals surface area contributed by atoms with Gasteiger partial charge in [0.15, 0.2) is 0 Å². The Hall–Kier alpha value is -1.77. The van der Waals surface area contributed by atoms with Crippen LogP contribution in [0.25, 0.3) is 0 Å². The van der Waals surface area contributed by atoms with Crippen LogP contribution in [-0.2, 0) is 6.54 Å². The van der Waals surface area contributed by atoms with Crippen molar-refractivity contribution in [3.05, 3.63) is 46.7 Å². The molecule has 96 valence electrons. The molecule has 4 nitrogen and oxygen atoms in total. The molecule has 0 aliphatic rings. The number of hydrogen-bond acceptors (Lipinski definition) is 5. The zero-order valence-electron chi connectivity index (χ0n) is 10.2. The third-order valence-electron chi connectivity index (χ3n) is 2.49. The van der Waals surface area contributed by atoms with E-state index in [-0.39, 0.29) is 0 Å². The first-order chi connectivity index (χ1) is 9.24. The number of thioether (sulfide) groups is 1. The number of anilines is 1. The van der Waals surface area contributed by atoms with Crippen molar-refractivity contribution >= 4 is 29.2 Å². The second-order valence-electron chi connectivity index (χ2n) is 3.70. The fourth-order valence-corrected chi connectivity index (χ4v) is 2.17. The van der Waals surface area contributed by atoms with Crippen LogP contribution in [-0.4, -0.2) is 16.2 Å². The third kappa shape index (κ3) is 3.37. The minimum atomic E-state index is 0.476. The molecule has 0 radical (unpaired) electrons. The minimum Gasteiger partial charge on any atom is -0.365 e. The lowest BCUT2D eigenvalue weighted by Gasteiger charge is -2.08. The summed E-state index contributed by atoms with van der Waals surface area (Å²) >= 11 is 7.26. The fraction of sp³-hybridized carbons (Fsp3) is 0.154. The highest BCUT2D eigenvalue weighted by Crippen LogP contribution is 2.22. The number of nitriles is 1. The number of benzene rings is 1. The SMILES string of the molecule is CSc1ncnc(NCc2ccc(Cl)cc2)c1C#N. The van der Waals surface area contributed by atoms with Gasteiger partial charge >= 0.3 is 0 Å². The van der Waals surface area contributed by atoms with Gasteiger partial charge in [-0.1, -0.05) is 23.7 Å². The lowest BCUT2D eigenvalue weighted by molar-refractivity contribution is 1.00. The van der Waals surface area contributed by atoms with Crippen LogP contribution in [0.2, 0.25) is 5.02 Å². The number of rotatable bonds is 4. The molecule has 1 aromatic heterocycles. The summed E-state index contributed by atoms with van der Waals surface area (Å²) in [4.78, 5) is 8.17. The molecule has 19 heavy (non-hydrogen) atoms. The molecular weight excluding hydrogens is 280 g/mol. The summed E-state index contributed by atoms with van der Waals surface area (Å²) in [5.74, 6) is 0.553. The van der Waals surface area contributed by atoms with E-state index in [0.29, 0.717) is 28.0 Å². The molecule has 1 aromatic carbocycles. The lowest BCUT2D eigenvalue weighted by Crippen LogP contribution is -2.05. The van der Waals surface area contributed by atoms with Gasteiger partial charge in [-0.25, -0.2) is 9.97 Å². The summed E-state index contributed by atoms with van der Waals surface area (Å²) in [7, 11) is 0. The number of halogens is 1. The van der Waals surface area contributed by atoms with Crippen LogP contribution in [0.3, 0.4) is 0 Å². The van der Waals surface area contributed by atoms with Crippen LogP contribution < -0.4 is 5.32 Å². The number of hydrogen-bond donors (Lipinski definition) is 1. The van der Waals surface area contributed by atoms with Crippen molar-refractivity contribution in [2.45, 2.75) is 11.6 Å². The topological polar surface area (TPSA) is 61.6 Å². The first kappa shape index (κ1) is 13.7. The molecule has 0 aliphatic heterocycles. The Labute approximate surface area is 120 Å². The van der Waals surface area contributed by atoms with E-state index in [2.05, 4.69) is 21.4 Å². The molecule has 0 fully saturated rings. The summed E-state index contributed by atoms with van der Waals surface area (Å²) in [6.45, 7) is 0.580. The largest absolute Gasteiger partial charge is 0.365 e. The normalized spacial score (nSPS) is 9.95. The van der Waals surface area contributed by atoms with Gasteiger partial charge in [-0.3, -0.25) is 0 Å². The van der Waals surface area contributed by atoms with E-state index in [1.54, 1.807) is 0 Å². The van der Waals surface area contributed by atoms with Crippen molar-refractivity contribution in [1.29, 1.82) is 5.26 Å². The van der Waals surface area contributed by atoms with Gasteiger partial charge in [0.1, 0.15) is 28.8 Å². The molecule has 1 heterocycles. The number of aromatic nitrogens is 2. The Morgan fingerprint density at radius 1 is 1.32 bits per heavy atom. The van der Waals surface area contributed by atoms with Crippen molar-refractivity contribution in [3.8, 4) is 6.07 Å². The average Bonchev–Trinajstić information content (AvgIpc) is 2.46. The summed E-state index contributed by atoms with van der Waals surface area (Å²) in [6.07, 6.45) is 3.34. The zero-order chi connectivity index (χ0) is 13.7. The Kier molecular flexibility index (Phi) is 4.61. The molecule has 1 N–H and O–H groups in total. The van der Waals surface area contributed by atoms with Gasteiger partial charge < -0.3 is 5.32 Å². The predicted molar refractivity (Wildman–Crippen MR) is 77.3 cm³/mol. The van der Waals surface area contributed by atoms with Gasteiger partial charge in [0.05, 0.1) is 0 Å². The smallest absolute Gasteiger partial charge is 0.148 e. The van der Waals surface area contributed by atoms with Gasteiger partial charge in [0, 0.05) is 11.6 Å². The van der Waals surface area contributed by atoms with E-state index in [0.717, 1.165) is 5.56 Å². The average molecular weight is 291 g/mol. The summed E-state index contributed by atoms with van der Waals surface area (Å²) in [5, 5.41) is 13.7. The minimum absolute atomic E-state index is 0.476. The van der Waals surface area contributed by atoms with E-state index in [1.807, 2.05) is 30.5 Å². The molecule has 0 saturated carbocycles. The predicted octanol–water partition coefficient (Wildman–Crippen LogP) is 3.34. The van der Waals surface area contributed by atoms with Crippen molar-refractivity contribution in [1.82, 2.24) is 9.97 Å². The van der Waals surface area contributed by atoms with Gasteiger partial charge in [-0.15, -0.1) is 11.8 Å². The van der Waals surface area contributed by atoms with E-state index in [9.17, 15) is 0 Å². The second kappa shape index (κ2) is 6.41. The van der Waals surface area contributed by atoms with Crippen LogP contribution in [0.15, 0.2) is 35.6 Å². The molecule has 0 amide bonds. The van der Waals surface area contributed by atoms with E-state index in [4.69, 9.17) is 16.9 Å². The Morgan fingerprint density at radius 2 is 2.05 bits per heavy atom. The summed E-state index contributed by atoms with van der Waals surface area (Å²) in [5.41, 5.74) is 1.54. The first-order valence-corrected chi connectivity index (χ1v) is 7.12. The Morgan fingerprint density at radius 3 is 2.68 bits per heavy atom. The number of nitrogens with zero attached hydrogens (tertiary/aromatic N) is 3. The maximum absolute atomic E-state index is 9.16. The molecule has 0 unspecified atom stereocenters. The fourth-order valence-electron chi connectivity index (χ4n) is 1.55. The zero-order valence-corrected chi connectivity index (χ0v) is 11.8. The van der Waals surface area contributed by atoms with E-state index >= 15 is 0 Å². The number of nitrogens with one attached hydrogen (secondary N) is 1. The van der Waals surface area contributed by atoms with Crippen LogP contribution in [0.5, 0.6) is 0 Å². The molecule has 2 rings (SSSR count). The molecule has 0 aliphatic carbocycles. The van der Waals surface area contributed by atoms with Gasteiger partial charge in [-0.05, 0) is 24.0 Å². The van der Waals surface area contributed by atoms with Crippen LogP contribution in [0.4, 0.5) is 5.82 Å². The van der Waals surface area contributed by atoms with Gasteiger partial charge in [-0.2, -0.15) is 5.26 Å². The van der Waals surface area contributed by atoms with Crippen molar-refractivity contribution in [2.24, 2.45) is 0 Å². The van der Waals surface area contributed by atoms with E-state index < -0.39 is 0 Å². The third-order valence-corrected chi connectivity index (χ3v) is 3.44. The van der Waals surface area contributed by atoms with Crippen LogP contribution >= 0.6 is 23.4 Å². The maximum Gasteiger partial charge on any atom is 0.148 e. The Balaban J connectivity index is 2.16. The highest BCUT2D eigenvalue weighted by molar-refractivity contribution is 7.98. The first-order valence-electron chi connectivity index (χ1n) is 5.52. The second-order valence-corrected chi connectivity index (χ2v) is 4.93. The maximum atomic E-state index is 9.16. The van der Waals surface area contributed by atoms with Gasteiger partial charge in [0.25, 0.3) is 0 Å². The highest BCUT2D eigenvalue weighted by atomic mass is 35.5. The lowest BCUT2D eigenvalue weighted by atomic mass is 10.2.